The van der Waals surface area contributed by atoms with Crippen LogP contribution >= 0.6 is 0 Å². The van der Waals surface area contributed by atoms with Gasteiger partial charge in [0, 0.05) is 6.42 Å². The molecular weight excluding hydrogens is 971 g/mol. The van der Waals surface area contributed by atoms with E-state index in [4.69, 9.17) is 9.47 Å². The van der Waals surface area contributed by atoms with Crippen LogP contribution < -0.4 is 5.32 Å². The number of carbonyl (C=O) groups excluding carboxylic acids is 1. The van der Waals surface area contributed by atoms with Gasteiger partial charge in [0.05, 0.1) is 25.4 Å². The largest absolute Gasteiger partial charge is 0.394 e. The molecule has 7 atom stereocenters. The Labute approximate surface area is 481 Å². The molecule has 1 saturated heterocycles. The average molecular weight is 1100 g/mol. The zero-order valence-electron chi connectivity index (χ0n) is 50.9. The first-order chi connectivity index (χ1) is 38.3. The van der Waals surface area contributed by atoms with Gasteiger partial charge in [0.2, 0.25) is 5.91 Å². The number of aliphatic hydroxyl groups excluding tert-OH is 5. The molecule has 456 valence electrons. The highest BCUT2D eigenvalue weighted by Gasteiger charge is 2.44. The molecule has 0 bridgehead atoms. The smallest absolute Gasteiger partial charge is 0.220 e. The van der Waals surface area contributed by atoms with Gasteiger partial charge in [0.15, 0.2) is 6.29 Å². The van der Waals surface area contributed by atoms with Crippen molar-refractivity contribution in [1.82, 2.24) is 5.32 Å². The van der Waals surface area contributed by atoms with E-state index in [0.717, 1.165) is 51.4 Å². The van der Waals surface area contributed by atoms with Gasteiger partial charge in [-0.05, 0) is 77.0 Å². The number of rotatable bonds is 58. The molecule has 1 fully saturated rings. The van der Waals surface area contributed by atoms with E-state index in [2.05, 4.69) is 67.8 Å². The van der Waals surface area contributed by atoms with Crippen molar-refractivity contribution in [3.05, 3.63) is 60.8 Å². The number of carbonyl (C=O) groups is 1. The highest BCUT2D eigenvalue weighted by molar-refractivity contribution is 5.76. The van der Waals surface area contributed by atoms with Crippen LogP contribution in [-0.2, 0) is 14.3 Å². The van der Waals surface area contributed by atoms with E-state index < -0.39 is 49.5 Å². The van der Waals surface area contributed by atoms with Crippen molar-refractivity contribution >= 4 is 5.91 Å². The van der Waals surface area contributed by atoms with Crippen molar-refractivity contribution < 1.29 is 39.8 Å². The van der Waals surface area contributed by atoms with Gasteiger partial charge >= 0.3 is 0 Å². The van der Waals surface area contributed by atoms with Crippen LogP contribution in [0.5, 0.6) is 0 Å². The minimum Gasteiger partial charge on any atom is -0.394 e. The first-order valence-electron chi connectivity index (χ1n) is 33.5. The van der Waals surface area contributed by atoms with Gasteiger partial charge in [0.25, 0.3) is 0 Å². The van der Waals surface area contributed by atoms with Crippen LogP contribution in [0.4, 0.5) is 0 Å². The number of amides is 1. The molecule has 0 saturated carbocycles. The molecule has 1 amide bonds. The Morgan fingerprint density at radius 3 is 1.15 bits per heavy atom. The molecule has 0 radical (unpaired) electrons. The lowest BCUT2D eigenvalue weighted by Gasteiger charge is -2.40. The number of unbranched alkanes of at least 4 members (excludes halogenated alkanes) is 40. The molecule has 1 aliphatic rings. The van der Waals surface area contributed by atoms with Gasteiger partial charge in [-0.1, -0.05) is 293 Å². The Morgan fingerprint density at radius 1 is 0.436 bits per heavy atom. The summed E-state index contributed by atoms with van der Waals surface area (Å²) in [5.74, 6) is -0.186. The second-order valence-corrected chi connectivity index (χ2v) is 23.2. The minimum atomic E-state index is -1.58. The molecule has 1 heterocycles. The maximum atomic E-state index is 13.1. The standard InChI is InChI=1S/C69H127NO8/c1-3-5-7-9-11-13-15-17-19-21-23-25-26-27-28-29-30-31-32-33-34-35-36-37-38-39-41-43-45-47-49-51-53-55-57-59-65(73)70-62(61-77-69-68(76)67(75)66(74)64(60-71)78-69)63(72)58-56-54-52-50-48-46-44-42-40-24-22-20-18-16-14-12-10-8-6-4-2/h15,17,21,23,40,42,48,50,56,58,62-64,66-69,71-72,74-76H,3-14,16,18-20,22,24-39,41,43-47,49,51-55,57,59-61H2,1-2H3,(H,70,73)/b17-15-,23-21-,42-40+,50-48+,58-56+. The maximum Gasteiger partial charge on any atom is 0.220 e. The highest BCUT2D eigenvalue weighted by atomic mass is 16.7. The summed E-state index contributed by atoms with van der Waals surface area (Å²) in [6.07, 6.45) is 73.3. The van der Waals surface area contributed by atoms with E-state index in [1.165, 1.54) is 244 Å². The first kappa shape index (κ1) is 73.9. The average Bonchev–Trinajstić information content (AvgIpc) is 3.45. The zero-order valence-corrected chi connectivity index (χ0v) is 50.9. The van der Waals surface area contributed by atoms with Gasteiger partial charge in [-0.25, -0.2) is 0 Å². The summed E-state index contributed by atoms with van der Waals surface area (Å²) in [6.45, 7) is 3.78. The van der Waals surface area contributed by atoms with E-state index in [0.29, 0.717) is 6.42 Å². The quantitative estimate of drug-likeness (QED) is 0.0261. The summed E-state index contributed by atoms with van der Waals surface area (Å²) in [7, 11) is 0. The lowest BCUT2D eigenvalue weighted by atomic mass is 9.99. The summed E-state index contributed by atoms with van der Waals surface area (Å²) in [4.78, 5) is 13.1. The van der Waals surface area contributed by atoms with Crippen molar-refractivity contribution in [1.29, 1.82) is 0 Å². The van der Waals surface area contributed by atoms with Crippen molar-refractivity contribution in [2.45, 2.75) is 358 Å². The predicted octanol–water partition coefficient (Wildman–Crippen LogP) is 17.8. The van der Waals surface area contributed by atoms with Crippen molar-refractivity contribution in [2.75, 3.05) is 13.2 Å². The summed E-state index contributed by atoms with van der Waals surface area (Å²) >= 11 is 0. The molecule has 0 aromatic carbocycles. The lowest BCUT2D eigenvalue weighted by Crippen LogP contribution is -2.60. The monoisotopic (exact) mass is 1100 g/mol. The van der Waals surface area contributed by atoms with Gasteiger partial charge in [0.1, 0.15) is 24.4 Å². The van der Waals surface area contributed by atoms with Crippen LogP contribution in [0, 0.1) is 0 Å². The topological polar surface area (TPSA) is 149 Å². The molecule has 0 spiro atoms. The number of ether oxygens (including phenoxy) is 2. The van der Waals surface area contributed by atoms with Gasteiger partial charge in [-0.2, -0.15) is 0 Å². The number of hydrogen-bond acceptors (Lipinski definition) is 8. The van der Waals surface area contributed by atoms with Crippen molar-refractivity contribution in [3.63, 3.8) is 0 Å². The van der Waals surface area contributed by atoms with Crippen LogP contribution in [0.1, 0.15) is 316 Å². The van der Waals surface area contributed by atoms with Crippen molar-refractivity contribution in [3.8, 4) is 0 Å². The van der Waals surface area contributed by atoms with Gasteiger partial charge < -0.3 is 40.3 Å². The Balaban J connectivity index is 2.12. The number of nitrogens with one attached hydrogen (secondary N) is 1. The van der Waals surface area contributed by atoms with E-state index in [1.807, 2.05) is 6.08 Å². The number of aliphatic hydroxyl groups is 5. The third-order valence-corrected chi connectivity index (χ3v) is 15.8. The third kappa shape index (κ3) is 46.5. The Bertz CT molecular complexity index is 1410. The molecule has 78 heavy (non-hydrogen) atoms. The third-order valence-electron chi connectivity index (χ3n) is 15.8. The fourth-order valence-corrected chi connectivity index (χ4v) is 10.5. The Kier molecular flexibility index (Phi) is 55.0. The summed E-state index contributed by atoms with van der Waals surface area (Å²) in [5, 5.41) is 54.6. The fourth-order valence-electron chi connectivity index (χ4n) is 10.5. The maximum absolute atomic E-state index is 13.1. The van der Waals surface area contributed by atoms with E-state index in [-0.39, 0.29) is 12.5 Å². The molecule has 7 unspecified atom stereocenters. The first-order valence-corrected chi connectivity index (χ1v) is 33.5. The summed E-state index contributed by atoms with van der Waals surface area (Å²) in [6, 6.07) is -0.829. The molecule has 6 N–H and O–H groups in total. The zero-order chi connectivity index (χ0) is 56.5. The number of allylic oxidation sites excluding steroid dienone is 9. The molecule has 0 aromatic rings. The van der Waals surface area contributed by atoms with Crippen LogP contribution in [0.2, 0.25) is 0 Å². The van der Waals surface area contributed by atoms with E-state index in [1.54, 1.807) is 6.08 Å². The molecule has 9 nitrogen and oxygen atoms in total. The fraction of sp³-hybridized carbons (Fsp3) is 0.841. The van der Waals surface area contributed by atoms with Crippen LogP contribution in [0.15, 0.2) is 60.8 Å². The van der Waals surface area contributed by atoms with E-state index in [9.17, 15) is 30.3 Å². The Morgan fingerprint density at radius 2 is 0.769 bits per heavy atom. The van der Waals surface area contributed by atoms with Crippen LogP contribution in [0.25, 0.3) is 0 Å². The molecule has 1 aliphatic heterocycles. The van der Waals surface area contributed by atoms with Gasteiger partial charge in [-0.15, -0.1) is 0 Å². The normalized spacial score (nSPS) is 19.0. The SMILES string of the molecule is CCCCCCC/C=C\C/C=C\CCCCCCCCCCCCCCCCCCCCCCCCCC(=O)NC(COC1OC(CO)C(O)C(O)C1O)C(O)/C=C/CC/C=C/CC/C=C/CCCCCCCCCCCC. The van der Waals surface area contributed by atoms with E-state index >= 15 is 0 Å². The molecule has 0 aliphatic carbocycles. The minimum absolute atomic E-state index is 0.186. The Hall–Kier alpha value is -2.11. The summed E-state index contributed by atoms with van der Waals surface area (Å²) < 4.78 is 11.3. The highest BCUT2D eigenvalue weighted by Crippen LogP contribution is 2.23. The van der Waals surface area contributed by atoms with Crippen LogP contribution in [0.3, 0.4) is 0 Å². The second-order valence-electron chi connectivity index (χ2n) is 23.2. The molecule has 9 heteroatoms. The summed E-state index contributed by atoms with van der Waals surface area (Å²) in [5.41, 5.74) is 0. The predicted molar refractivity (Wildman–Crippen MR) is 332 cm³/mol. The lowest BCUT2D eigenvalue weighted by molar-refractivity contribution is -0.302. The second kappa shape index (κ2) is 58.1. The van der Waals surface area contributed by atoms with Gasteiger partial charge in [-0.3, -0.25) is 4.79 Å². The molecule has 1 rings (SSSR count). The molecule has 0 aromatic heterocycles. The molecular formula is C69H127NO8. The van der Waals surface area contributed by atoms with Crippen molar-refractivity contribution in [2.24, 2.45) is 0 Å². The van der Waals surface area contributed by atoms with Crippen LogP contribution in [-0.4, -0.2) is 87.5 Å². The number of hydrogen-bond donors (Lipinski definition) is 6.